The van der Waals surface area contributed by atoms with Crippen LogP contribution < -0.4 is 5.32 Å². The number of carbonyl (C=O) groups is 1. The Balaban J connectivity index is 1.55. The van der Waals surface area contributed by atoms with Crippen molar-refractivity contribution in [2.24, 2.45) is 5.10 Å². The van der Waals surface area contributed by atoms with Crippen LogP contribution in [0.25, 0.3) is 0 Å². The third-order valence-corrected chi connectivity index (χ3v) is 5.97. The molecule has 4 heteroatoms. The molecule has 3 aromatic rings. The van der Waals surface area contributed by atoms with Crippen LogP contribution in [0.5, 0.6) is 0 Å². The van der Waals surface area contributed by atoms with Gasteiger partial charge in [0.05, 0.1) is 12.1 Å². The average molecular weight is 426 g/mol. The Bertz CT molecular complexity index is 979. The zero-order valence-electron chi connectivity index (χ0n) is 18.7. The number of carbonyl (C=O) groups excluding carboxylic acids is 1. The van der Waals surface area contributed by atoms with Crippen LogP contribution >= 0.6 is 0 Å². The van der Waals surface area contributed by atoms with Crippen molar-refractivity contribution >= 4 is 11.6 Å². The van der Waals surface area contributed by atoms with E-state index in [0.717, 1.165) is 30.5 Å². The summed E-state index contributed by atoms with van der Waals surface area (Å²) in [5, 5.41) is 10.2. The van der Waals surface area contributed by atoms with Crippen LogP contribution in [0.4, 0.5) is 0 Å². The Morgan fingerprint density at radius 1 is 0.906 bits per heavy atom. The molecule has 0 fully saturated rings. The fourth-order valence-electron chi connectivity index (χ4n) is 4.25. The Morgan fingerprint density at radius 3 is 2.03 bits per heavy atom. The lowest BCUT2D eigenvalue weighted by molar-refractivity contribution is -0.115. The summed E-state index contributed by atoms with van der Waals surface area (Å²) in [7, 11) is 0. The van der Waals surface area contributed by atoms with Crippen LogP contribution in [-0.4, -0.2) is 23.2 Å². The van der Waals surface area contributed by atoms with Gasteiger partial charge in [-0.15, -0.1) is 0 Å². The lowest BCUT2D eigenvalue weighted by Gasteiger charge is -2.23. The van der Waals surface area contributed by atoms with Crippen molar-refractivity contribution < 1.29 is 4.79 Å². The molecule has 1 aliphatic heterocycles. The number of rotatable bonds is 9. The van der Waals surface area contributed by atoms with E-state index < -0.39 is 0 Å². The first-order valence-corrected chi connectivity index (χ1v) is 11.6. The maximum atomic E-state index is 13.4. The molecule has 0 spiro atoms. The van der Waals surface area contributed by atoms with Gasteiger partial charge in [0, 0.05) is 13.0 Å². The summed E-state index contributed by atoms with van der Waals surface area (Å²) in [5.74, 6) is -0.0957. The minimum Gasteiger partial charge on any atom is -0.340 e. The Kier molecular flexibility index (Phi) is 7.34. The molecule has 0 bridgehead atoms. The molecule has 1 unspecified atom stereocenters. The van der Waals surface area contributed by atoms with E-state index in [1.807, 2.05) is 42.5 Å². The number of nitrogens with one attached hydrogen (secondary N) is 1. The fourth-order valence-corrected chi connectivity index (χ4v) is 4.25. The first-order valence-electron chi connectivity index (χ1n) is 11.6. The summed E-state index contributed by atoms with van der Waals surface area (Å²) in [6.45, 7) is 3.07. The second-order valence-corrected chi connectivity index (χ2v) is 8.28. The summed E-state index contributed by atoms with van der Waals surface area (Å²) in [5.41, 5.74) is 3.93. The highest BCUT2D eigenvalue weighted by atomic mass is 16.2. The van der Waals surface area contributed by atoms with E-state index in [1.54, 1.807) is 0 Å². The van der Waals surface area contributed by atoms with E-state index >= 15 is 0 Å². The molecule has 4 rings (SSSR count). The fraction of sp³-hybridized carbons (Fsp3) is 0.286. The van der Waals surface area contributed by atoms with Gasteiger partial charge < -0.3 is 5.32 Å². The van der Waals surface area contributed by atoms with Crippen molar-refractivity contribution in [2.75, 3.05) is 6.54 Å². The second kappa shape index (κ2) is 10.8. The van der Waals surface area contributed by atoms with Crippen LogP contribution in [0.15, 0.2) is 96.1 Å². The number of hydrazone groups is 1. The number of hydrogen-bond donors (Lipinski definition) is 1. The van der Waals surface area contributed by atoms with E-state index in [0.29, 0.717) is 12.1 Å². The molecular formula is C28H31N3O. The van der Waals surface area contributed by atoms with Gasteiger partial charge in [-0.2, -0.15) is 5.10 Å². The highest BCUT2D eigenvalue weighted by Gasteiger charge is 2.32. The van der Waals surface area contributed by atoms with Gasteiger partial charge in [0.15, 0.2) is 0 Å². The third-order valence-electron chi connectivity index (χ3n) is 5.97. The SMILES string of the molecule is CCCCCN1N=C(C(=O)NC(c2ccccc2)c2ccccc2)CC1c1ccccc1. The van der Waals surface area contributed by atoms with Crippen molar-refractivity contribution in [2.45, 2.75) is 44.7 Å². The Morgan fingerprint density at radius 2 is 1.47 bits per heavy atom. The summed E-state index contributed by atoms with van der Waals surface area (Å²) in [6.07, 6.45) is 4.03. The van der Waals surface area contributed by atoms with Crippen LogP contribution in [-0.2, 0) is 4.79 Å². The van der Waals surface area contributed by atoms with E-state index in [-0.39, 0.29) is 18.0 Å². The molecule has 32 heavy (non-hydrogen) atoms. The van der Waals surface area contributed by atoms with E-state index in [4.69, 9.17) is 5.10 Å². The van der Waals surface area contributed by atoms with Crippen molar-refractivity contribution in [1.82, 2.24) is 10.3 Å². The second-order valence-electron chi connectivity index (χ2n) is 8.28. The molecule has 1 aliphatic rings. The Hall–Kier alpha value is -3.40. The molecule has 1 amide bonds. The van der Waals surface area contributed by atoms with Gasteiger partial charge in [0.2, 0.25) is 0 Å². The van der Waals surface area contributed by atoms with Gasteiger partial charge in [-0.05, 0) is 23.1 Å². The maximum absolute atomic E-state index is 13.4. The minimum atomic E-state index is -0.211. The minimum absolute atomic E-state index is 0.0957. The lowest BCUT2D eigenvalue weighted by atomic mass is 9.97. The monoisotopic (exact) mass is 425 g/mol. The zero-order valence-corrected chi connectivity index (χ0v) is 18.7. The molecule has 0 radical (unpaired) electrons. The van der Waals surface area contributed by atoms with Crippen LogP contribution in [0.3, 0.4) is 0 Å². The number of unbranched alkanes of at least 4 members (excludes halogenated alkanes) is 2. The Labute approximate surface area is 191 Å². The number of nitrogens with zero attached hydrogens (tertiary/aromatic N) is 2. The third kappa shape index (κ3) is 5.25. The molecule has 0 saturated carbocycles. The quantitative estimate of drug-likeness (QED) is 0.435. The summed E-state index contributed by atoms with van der Waals surface area (Å²) in [4.78, 5) is 13.4. The molecule has 164 valence electrons. The summed E-state index contributed by atoms with van der Waals surface area (Å²) in [6, 6.07) is 30.5. The first-order chi connectivity index (χ1) is 15.8. The molecular weight excluding hydrogens is 394 g/mol. The van der Waals surface area contributed by atoms with Gasteiger partial charge in [-0.25, -0.2) is 0 Å². The largest absolute Gasteiger partial charge is 0.340 e. The highest BCUT2D eigenvalue weighted by Crippen LogP contribution is 2.31. The smallest absolute Gasteiger partial charge is 0.268 e. The van der Waals surface area contributed by atoms with Crippen LogP contribution in [0.1, 0.15) is 61.4 Å². The zero-order chi connectivity index (χ0) is 22.2. The summed E-state index contributed by atoms with van der Waals surface area (Å²) >= 11 is 0. The normalized spacial score (nSPS) is 15.6. The predicted octanol–water partition coefficient (Wildman–Crippen LogP) is 5.89. The summed E-state index contributed by atoms with van der Waals surface area (Å²) < 4.78 is 0. The van der Waals surface area contributed by atoms with Gasteiger partial charge in [-0.3, -0.25) is 9.80 Å². The number of amides is 1. The number of hydrogen-bond acceptors (Lipinski definition) is 3. The van der Waals surface area contributed by atoms with E-state index in [9.17, 15) is 4.79 Å². The van der Waals surface area contributed by atoms with Gasteiger partial charge in [0.25, 0.3) is 5.91 Å². The van der Waals surface area contributed by atoms with Crippen molar-refractivity contribution in [3.63, 3.8) is 0 Å². The number of benzene rings is 3. The molecule has 1 N–H and O–H groups in total. The molecule has 1 atom stereocenters. The molecule has 3 aromatic carbocycles. The van der Waals surface area contributed by atoms with E-state index in [1.165, 1.54) is 12.0 Å². The maximum Gasteiger partial charge on any atom is 0.268 e. The lowest BCUT2D eigenvalue weighted by Crippen LogP contribution is -2.34. The molecule has 1 heterocycles. The molecule has 0 aliphatic carbocycles. The molecule has 0 aromatic heterocycles. The van der Waals surface area contributed by atoms with Crippen molar-refractivity contribution in [3.8, 4) is 0 Å². The van der Waals surface area contributed by atoms with Crippen molar-refractivity contribution in [3.05, 3.63) is 108 Å². The van der Waals surface area contributed by atoms with Crippen molar-refractivity contribution in [1.29, 1.82) is 0 Å². The average Bonchev–Trinajstić information content (AvgIpc) is 3.28. The predicted molar refractivity (Wildman–Crippen MR) is 130 cm³/mol. The van der Waals surface area contributed by atoms with E-state index in [2.05, 4.69) is 65.8 Å². The molecule has 0 saturated heterocycles. The van der Waals surface area contributed by atoms with Gasteiger partial charge in [0.1, 0.15) is 5.71 Å². The van der Waals surface area contributed by atoms with Crippen LogP contribution in [0.2, 0.25) is 0 Å². The van der Waals surface area contributed by atoms with Gasteiger partial charge >= 0.3 is 0 Å². The standard InChI is InChI=1S/C28H31N3O/c1-2-3-13-20-31-26(22-14-7-4-8-15-22)21-25(30-31)28(32)29-27(23-16-9-5-10-17-23)24-18-11-6-12-19-24/h4-12,14-19,26-27H,2-3,13,20-21H2,1H3,(H,29,32). The van der Waals surface area contributed by atoms with Crippen LogP contribution in [0, 0.1) is 0 Å². The first kappa shape index (κ1) is 21.8. The van der Waals surface area contributed by atoms with Gasteiger partial charge in [-0.1, -0.05) is 111 Å². The topological polar surface area (TPSA) is 44.7 Å². The highest BCUT2D eigenvalue weighted by molar-refractivity contribution is 6.39. The molecule has 4 nitrogen and oxygen atoms in total.